The van der Waals surface area contributed by atoms with Gasteiger partial charge >= 0.3 is 0 Å². The summed E-state index contributed by atoms with van der Waals surface area (Å²) in [5.41, 5.74) is 1.49. The van der Waals surface area contributed by atoms with Crippen LogP contribution in [0.4, 0.5) is 0 Å². The standard InChI is InChI=1S/C20H21P.B/c1-17(18-11-5-2-6-12-18)21(19-13-7-3-8-14-19)20-15-9-4-10-16-20;/h3-4,7-11,13-16H,1-2,5-6,12H2;. The number of benzene rings is 2. The van der Waals surface area contributed by atoms with Crippen molar-refractivity contribution >= 4 is 26.9 Å². The molecule has 0 aliphatic heterocycles. The fraction of sp³-hybridized carbons (Fsp3) is 0.200. The lowest BCUT2D eigenvalue weighted by atomic mass is 10.00. The maximum atomic E-state index is 4.49. The third kappa shape index (κ3) is 3.78. The molecule has 0 fully saturated rings. The van der Waals surface area contributed by atoms with Crippen molar-refractivity contribution in [1.29, 1.82) is 0 Å². The smallest absolute Gasteiger partial charge is 0 e. The second-order valence-corrected chi connectivity index (χ2v) is 7.67. The van der Waals surface area contributed by atoms with Gasteiger partial charge in [0.2, 0.25) is 0 Å². The monoisotopic (exact) mass is 303 g/mol. The van der Waals surface area contributed by atoms with E-state index in [2.05, 4.69) is 73.3 Å². The van der Waals surface area contributed by atoms with E-state index < -0.39 is 7.92 Å². The second kappa shape index (κ2) is 8.15. The Kier molecular flexibility index (Phi) is 6.22. The van der Waals surface area contributed by atoms with Crippen molar-refractivity contribution in [2.75, 3.05) is 0 Å². The summed E-state index contributed by atoms with van der Waals surface area (Å²) in [6.07, 6.45) is 7.44. The summed E-state index contributed by atoms with van der Waals surface area (Å²) in [6, 6.07) is 21.7. The third-order valence-electron chi connectivity index (χ3n) is 3.96. The van der Waals surface area contributed by atoms with Gasteiger partial charge in [-0.25, -0.2) is 0 Å². The van der Waals surface area contributed by atoms with Crippen molar-refractivity contribution in [2.45, 2.75) is 25.7 Å². The Labute approximate surface area is 137 Å². The van der Waals surface area contributed by atoms with Crippen LogP contribution in [-0.2, 0) is 0 Å². The Hall–Kier alpha value is -1.59. The van der Waals surface area contributed by atoms with Crippen LogP contribution in [0.15, 0.2) is 84.2 Å². The van der Waals surface area contributed by atoms with Crippen molar-refractivity contribution in [2.24, 2.45) is 0 Å². The van der Waals surface area contributed by atoms with Gasteiger partial charge in [0, 0.05) is 8.41 Å². The van der Waals surface area contributed by atoms with E-state index in [1.807, 2.05) is 0 Å². The molecular formula is C20H21BP. The molecule has 3 radical (unpaired) electrons. The average molecular weight is 303 g/mol. The van der Waals surface area contributed by atoms with Gasteiger partial charge in [-0.1, -0.05) is 73.3 Å². The van der Waals surface area contributed by atoms with Crippen LogP contribution < -0.4 is 10.6 Å². The van der Waals surface area contributed by atoms with Crippen molar-refractivity contribution < 1.29 is 0 Å². The lowest BCUT2D eigenvalue weighted by Gasteiger charge is -2.25. The van der Waals surface area contributed by atoms with Crippen LogP contribution in [0.2, 0.25) is 0 Å². The molecule has 1 aliphatic carbocycles. The summed E-state index contributed by atoms with van der Waals surface area (Å²) in [6.45, 7) is 4.49. The fourth-order valence-electron chi connectivity index (χ4n) is 2.86. The largest absolute Gasteiger partial charge is 0.0904 e. The second-order valence-electron chi connectivity index (χ2n) is 5.43. The highest BCUT2D eigenvalue weighted by Crippen LogP contribution is 2.47. The van der Waals surface area contributed by atoms with Gasteiger partial charge in [0.05, 0.1) is 0 Å². The van der Waals surface area contributed by atoms with Crippen LogP contribution >= 0.6 is 7.92 Å². The van der Waals surface area contributed by atoms with Gasteiger partial charge in [-0.3, -0.25) is 0 Å². The zero-order valence-electron chi connectivity index (χ0n) is 12.9. The van der Waals surface area contributed by atoms with Gasteiger partial charge in [-0.15, -0.1) is 0 Å². The number of allylic oxidation sites excluding steroid dienone is 3. The van der Waals surface area contributed by atoms with E-state index in [0.717, 1.165) is 0 Å². The lowest BCUT2D eigenvalue weighted by Crippen LogP contribution is -2.13. The number of rotatable bonds is 4. The van der Waals surface area contributed by atoms with Crippen molar-refractivity contribution in [3.8, 4) is 0 Å². The highest BCUT2D eigenvalue weighted by Gasteiger charge is 2.20. The SMILES string of the molecule is C=C(C1=CCCCC1)P(c1ccccc1)c1ccccc1.[B]. The van der Waals surface area contributed by atoms with E-state index >= 15 is 0 Å². The molecule has 0 saturated carbocycles. The van der Waals surface area contributed by atoms with E-state index in [1.54, 1.807) is 0 Å². The Morgan fingerprint density at radius 3 is 1.82 bits per heavy atom. The topological polar surface area (TPSA) is 0 Å². The summed E-state index contributed by atoms with van der Waals surface area (Å²) in [5.74, 6) is 0. The molecule has 109 valence electrons. The molecule has 2 heteroatoms. The molecule has 0 bridgehead atoms. The van der Waals surface area contributed by atoms with E-state index in [1.165, 1.54) is 47.2 Å². The van der Waals surface area contributed by atoms with Gasteiger partial charge < -0.3 is 0 Å². The van der Waals surface area contributed by atoms with Gasteiger partial charge in [0.25, 0.3) is 0 Å². The van der Waals surface area contributed by atoms with Crippen LogP contribution in [0.5, 0.6) is 0 Å². The highest BCUT2D eigenvalue weighted by atomic mass is 31.1. The molecular weight excluding hydrogens is 282 g/mol. The first-order valence-corrected chi connectivity index (χ1v) is 8.99. The van der Waals surface area contributed by atoms with E-state index in [9.17, 15) is 0 Å². The van der Waals surface area contributed by atoms with Crippen LogP contribution in [0.25, 0.3) is 0 Å². The van der Waals surface area contributed by atoms with Gasteiger partial charge in [0.15, 0.2) is 0 Å². The molecule has 0 saturated heterocycles. The highest BCUT2D eigenvalue weighted by molar-refractivity contribution is 7.77. The Bertz CT molecular complexity index is 592. The van der Waals surface area contributed by atoms with E-state index in [0.29, 0.717) is 0 Å². The van der Waals surface area contributed by atoms with Gasteiger partial charge in [-0.05, 0) is 55.1 Å². The maximum absolute atomic E-state index is 4.49. The minimum Gasteiger partial charge on any atom is -0.0904 e. The van der Waals surface area contributed by atoms with Crippen LogP contribution in [-0.4, -0.2) is 8.41 Å². The molecule has 2 aromatic carbocycles. The summed E-state index contributed by atoms with van der Waals surface area (Å²) in [7, 11) is -0.498. The zero-order chi connectivity index (χ0) is 14.5. The quantitative estimate of drug-likeness (QED) is 0.564. The summed E-state index contributed by atoms with van der Waals surface area (Å²) in [5, 5.41) is 4.13. The molecule has 3 rings (SSSR count). The fourth-order valence-corrected chi connectivity index (χ4v) is 5.21. The summed E-state index contributed by atoms with van der Waals surface area (Å²) < 4.78 is 0. The molecule has 0 amide bonds. The first-order valence-electron chi connectivity index (χ1n) is 7.65. The normalized spacial score (nSPS) is 14.1. The van der Waals surface area contributed by atoms with Crippen LogP contribution in [0.1, 0.15) is 25.7 Å². The first kappa shape index (κ1) is 16.8. The average Bonchev–Trinajstić information content (AvgIpc) is 2.58. The molecule has 1 aliphatic rings. The molecule has 22 heavy (non-hydrogen) atoms. The van der Waals surface area contributed by atoms with Crippen molar-refractivity contribution in [1.82, 2.24) is 0 Å². The molecule has 0 heterocycles. The lowest BCUT2D eigenvalue weighted by molar-refractivity contribution is 0.710. The predicted molar refractivity (Wildman–Crippen MR) is 101 cm³/mol. The minimum absolute atomic E-state index is 0. The molecule has 0 aromatic heterocycles. The van der Waals surface area contributed by atoms with Crippen LogP contribution in [0.3, 0.4) is 0 Å². The van der Waals surface area contributed by atoms with Gasteiger partial charge in [0.1, 0.15) is 0 Å². The van der Waals surface area contributed by atoms with E-state index in [-0.39, 0.29) is 8.41 Å². The third-order valence-corrected chi connectivity index (χ3v) is 6.42. The van der Waals surface area contributed by atoms with Crippen molar-refractivity contribution in [3.05, 3.63) is 84.2 Å². The maximum Gasteiger partial charge on any atom is 0 e. The predicted octanol–water partition coefficient (Wildman–Crippen LogP) is 4.75. The molecule has 2 aromatic rings. The number of hydrogen-bond acceptors (Lipinski definition) is 0. The Morgan fingerprint density at radius 1 is 0.818 bits per heavy atom. The molecule has 0 unspecified atom stereocenters. The molecule has 0 atom stereocenters. The summed E-state index contributed by atoms with van der Waals surface area (Å²) in [4.78, 5) is 0. The van der Waals surface area contributed by atoms with Gasteiger partial charge in [-0.2, -0.15) is 0 Å². The Morgan fingerprint density at radius 2 is 1.36 bits per heavy atom. The first-order chi connectivity index (χ1) is 10.4. The Balaban J connectivity index is 0.00000176. The number of hydrogen-bond donors (Lipinski definition) is 0. The molecule has 0 nitrogen and oxygen atoms in total. The van der Waals surface area contributed by atoms with E-state index in [4.69, 9.17) is 0 Å². The molecule has 0 spiro atoms. The van der Waals surface area contributed by atoms with Crippen molar-refractivity contribution in [3.63, 3.8) is 0 Å². The summed E-state index contributed by atoms with van der Waals surface area (Å²) >= 11 is 0. The molecule has 0 N–H and O–H groups in total. The zero-order valence-corrected chi connectivity index (χ0v) is 13.8. The minimum atomic E-state index is -0.498. The van der Waals surface area contributed by atoms with Crippen LogP contribution in [0, 0.1) is 0 Å².